The van der Waals surface area contributed by atoms with Crippen LogP contribution in [0.5, 0.6) is 5.75 Å². The smallest absolute Gasteiger partial charge is 0.406 e. The van der Waals surface area contributed by atoms with E-state index in [1.54, 1.807) is 18.2 Å². The summed E-state index contributed by atoms with van der Waals surface area (Å²) in [6.07, 6.45) is -0.633. The van der Waals surface area contributed by atoms with Crippen LogP contribution in [0.2, 0.25) is 0 Å². The Bertz CT molecular complexity index is 438. The lowest BCUT2D eigenvalue weighted by Crippen LogP contribution is -2.16. The van der Waals surface area contributed by atoms with E-state index in [9.17, 15) is 18.0 Å². The van der Waals surface area contributed by atoms with E-state index in [4.69, 9.17) is 0 Å². The number of carbonyl (C=O) groups is 1. The zero-order valence-electron chi connectivity index (χ0n) is 10.2. The third-order valence-electron chi connectivity index (χ3n) is 1.98. The molecular formula is C13H13F3O2S. The fourth-order valence-electron chi connectivity index (χ4n) is 1.20. The number of allylic oxidation sites excluding steroid dienone is 1. The predicted molar refractivity (Wildman–Crippen MR) is 68.3 cm³/mol. The van der Waals surface area contributed by atoms with Crippen molar-refractivity contribution in [3.63, 3.8) is 0 Å². The average Bonchev–Trinajstić information content (AvgIpc) is 2.28. The first-order valence-corrected chi connectivity index (χ1v) is 6.48. The molecule has 1 rings (SSSR count). The van der Waals surface area contributed by atoms with Gasteiger partial charge in [0.1, 0.15) is 11.5 Å². The van der Waals surface area contributed by atoms with Gasteiger partial charge in [-0.2, -0.15) is 0 Å². The second-order valence-electron chi connectivity index (χ2n) is 3.71. The minimum atomic E-state index is -4.66. The van der Waals surface area contributed by atoms with Crippen LogP contribution in [0.4, 0.5) is 13.2 Å². The summed E-state index contributed by atoms with van der Waals surface area (Å²) in [5, 5.41) is 0. The topological polar surface area (TPSA) is 26.3 Å². The summed E-state index contributed by atoms with van der Waals surface area (Å²) in [6, 6.07) is 5.67. The van der Waals surface area contributed by atoms with Gasteiger partial charge in [0, 0.05) is 17.1 Å². The number of ketones is 1. The van der Waals surface area contributed by atoms with Crippen LogP contribution in [0.25, 0.3) is 0 Å². The van der Waals surface area contributed by atoms with Crippen molar-refractivity contribution in [2.45, 2.75) is 24.6 Å². The summed E-state index contributed by atoms with van der Waals surface area (Å²) in [5.74, 6) is 0.520. The number of alkyl halides is 3. The quantitative estimate of drug-likeness (QED) is 0.580. The van der Waals surface area contributed by atoms with Crippen molar-refractivity contribution in [2.24, 2.45) is 0 Å². The lowest BCUT2D eigenvalue weighted by Gasteiger charge is -2.08. The van der Waals surface area contributed by atoms with Crippen LogP contribution in [0, 0.1) is 0 Å². The van der Waals surface area contributed by atoms with Gasteiger partial charge in [0.05, 0.1) is 0 Å². The number of rotatable bonds is 6. The standard InChI is InChI=1S/C13H13F3O2S/c1-10(17)4-2-3-9-19-12-7-5-11(6-8-12)18-13(14,15)16/h2-3,5-8H,4,9H2,1H3/b3-2+. The lowest BCUT2D eigenvalue weighted by molar-refractivity contribution is -0.274. The van der Waals surface area contributed by atoms with Crippen LogP contribution in [0.15, 0.2) is 41.3 Å². The lowest BCUT2D eigenvalue weighted by atomic mass is 10.3. The van der Waals surface area contributed by atoms with Crippen molar-refractivity contribution in [3.8, 4) is 5.75 Å². The van der Waals surface area contributed by atoms with Gasteiger partial charge in [0.2, 0.25) is 0 Å². The molecular weight excluding hydrogens is 277 g/mol. The average molecular weight is 290 g/mol. The second kappa shape index (κ2) is 7.23. The molecule has 0 unspecified atom stereocenters. The van der Waals surface area contributed by atoms with Crippen molar-refractivity contribution in [1.29, 1.82) is 0 Å². The summed E-state index contributed by atoms with van der Waals surface area (Å²) >= 11 is 1.46. The minimum Gasteiger partial charge on any atom is -0.406 e. The number of thioether (sulfide) groups is 1. The number of halogens is 3. The monoisotopic (exact) mass is 290 g/mol. The molecule has 0 aromatic heterocycles. The van der Waals surface area contributed by atoms with Crippen LogP contribution in [-0.4, -0.2) is 17.9 Å². The fraction of sp³-hybridized carbons (Fsp3) is 0.308. The van der Waals surface area contributed by atoms with Gasteiger partial charge in [-0.25, -0.2) is 0 Å². The van der Waals surface area contributed by atoms with Gasteiger partial charge in [-0.1, -0.05) is 12.2 Å². The molecule has 0 amide bonds. The molecule has 0 heterocycles. The molecule has 104 valence electrons. The number of ether oxygens (including phenoxy) is 1. The maximum absolute atomic E-state index is 11.9. The number of hydrogen-bond donors (Lipinski definition) is 0. The Hall–Kier alpha value is -1.43. The van der Waals surface area contributed by atoms with E-state index in [1.807, 2.05) is 6.08 Å². The Morgan fingerprint density at radius 1 is 1.26 bits per heavy atom. The number of hydrogen-bond acceptors (Lipinski definition) is 3. The third kappa shape index (κ3) is 7.56. The van der Waals surface area contributed by atoms with Crippen LogP contribution in [0.1, 0.15) is 13.3 Å². The van der Waals surface area contributed by atoms with Gasteiger partial charge >= 0.3 is 6.36 Å². The molecule has 0 N–H and O–H groups in total. The predicted octanol–water partition coefficient (Wildman–Crippen LogP) is 4.21. The molecule has 0 aliphatic heterocycles. The van der Waals surface area contributed by atoms with Gasteiger partial charge in [-0.15, -0.1) is 24.9 Å². The van der Waals surface area contributed by atoms with Crippen LogP contribution >= 0.6 is 11.8 Å². The third-order valence-corrected chi connectivity index (χ3v) is 2.94. The minimum absolute atomic E-state index is 0.0925. The maximum Gasteiger partial charge on any atom is 0.573 e. The molecule has 0 saturated carbocycles. The van der Waals surface area contributed by atoms with E-state index in [0.717, 1.165) is 4.90 Å². The molecule has 0 saturated heterocycles. The molecule has 1 aromatic carbocycles. The highest BCUT2D eigenvalue weighted by Gasteiger charge is 2.30. The number of Topliss-reactive ketones (excluding diaryl/α,β-unsaturated/α-hetero) is 1. The Kier molecular flexibility index (Phi) is 5.95. The largest absolute Gasteiger partial charge is 0.573 e. The SMILES string of the molecule is CC(=O)C/C=C/CSc1ccc(OC(F)(F)F)cc1. The zero-order chi connectivity index (χ0) is 14.3. The summed E-state index contributed by atoms with van der Waals surface area (Å²) in [7, 11) is 0. The van der Waals surface area contributed by atoms with Crippen molar-refractivity contribution in [3.05, 3.63) is 36.4 Å². The Morgan fingerprint density at radius 3 is 2.42 bits per heavy atom. The molecule has 0 atom stereocenters. The van der Waals surface area contributed by atoms with Gasteiger partial charge in [0.15, 0.2) is 0 Å². The molecule has 0 fully saturated rings. The molecule has 1 aromatic rings. The Labute approximate surface area is 113 Å². The van der Waals surface area contributed by atoms with Gasteiger partial charge in [-0.3, -0.25) is 4.79 Å². The Morgan fingerprint density at radius 2 is 1.89 bits per heavy atom. The fourth-order valence-corrected chi connectivity index (χ4v) is 1.95. The molecule has 0 spiro atoms. The van der Waals surface area contributed by atoms with Crippen molar-refractivity contribution in [2.75, 3.05) is 5.75 Å². The van der Waals surface area contributed by atoms with Crippen molar-refractivity contribution < 1.29 is 22.7 Å². The van der Waals surface area contributed by atoms with E-state index < -0.39 is 6.36 Å². The molecule has 0 radical (unpaired) electrons. The number of carbonyl (C=O) groups excluding carboxylic acids is 1. The zero-order valence-corrected chi connectivity index (χ0v) is 11.1. The van der Waals surface area contributed by atoms with Crippen LogP contribution in [0.3, 0.4) is 0 Å². The van der Waals surface area contributed by atoms with Crippen molar-refractivity contribution in [1.82, 2.24) is 0 Å². The summed E-state index contributed by atoms with van der Waals surface area (Å²) in [4.78, 5) is 11.5. The summed E-state index contributed by atoms with van der Waals surface area (Å²) in [6.45, 7) is 1.51. The first-order valence-electron chi connectivity index (χ1n) is 5.50. The van der Waals surface area contributed by atoms with Gasteiger partial charge in [-0.05, 0) is 31.2 Å². The molecule has 0 aliphatic rings. The van der Waals surface area contributed by atoms with Crippen LogP contribution < -0.4 is 4.74 Å². The first kappa shape index (κ1) is 15.6. The van der Waals surface area contributed by atoms with E-state index >= 15 is 0 Å². The van der Waals surface area contributed by atoms with Crippen LogP contribution in [-0.2, 0) is 4.79 Å². The van der Waals surface area contributed by atoms with Gasteiger partial charge in [0.25, 0.3) is 0 Å². The molecule has 0 aliphatic carbocycles. The van der Waals surface area contributed by atoms with Gasteiger partial charge < -0.3 is 4.74 Å². The maximum atomic E-state index is 11.9. The summed E-state index contributed by atoms with van der Waals surface area (Å²) in [5.41, 5.74) is 0. The molecule has 19 heavy (non-hydrogen) atoms. The molecule has 0 bridgehead atoms. The Balaban J connectivity index is 2.40. The number of benzene rings is 1. The normalized spacial score (nSPS) is 11.8. The van der Waals surface area contributed by atoms with E-state index in [-0.39, 0.29) is 11.5 Å². The highest BCUT2D eigenvalue weighted by Crippen LogP contribution is 2.25. The molecule has 6 heteroatoms. The van der Waals surface area contributed by atoms with Crippen molar-refractivity contribution >= 4 is 17.5 Å². The molecule has 2 nitrogen and oxygen atoms in total. The summed E-state index contributed by atoms with van der Waals surface area (Å²) < 4.78 is 39.6. The van der Waals surface area contributed by atoms with E-state index in [2.05, 4.69) is 4.74 Å². The first-order chi connectivity index (χ1) is 8.87. The van der Waals surface area contributed by atoms with E-state index in [0.29, 0.717) is 12.2 Å². The highest BCUT2D eigenvalue weighted by atomic mass is 32.2. The highest BCUT2D eigenvalue weighted by molar-refractivity contribution is 7.99. The second-order valence-corrected chi connectivity index (χ2v) is 4.80. The van der Waals surface area contributed by atoms with E-state index in [1.165, 1.54) is 30.8 Å².